The number of H-pyrrole nitrogens is 2. The van der Waals surface area contributed by atoms with E-state index < -0.39 is 78.2 Å². The zero-order valence-corrected chi connectivity index (χ0v) is 32.6. The number of amides is 5. The highest BCUT2D eigenvalue weighted by Gasteiger charge is 2.33. The lowest BCUT2D eigenvalue weighted by atomic mass is 10.0. The molecule has 0 fully saturated rings. The Kier molecular flexibility index (Phi) is 17.4. The van der Waals surface area contributed by atoms with Crippen LogP contribution in [0.25, 0.3) is 10.9 Å². The van der Waals surface area contributed by atoms with E-state index in [-0.39, 0.29) is 31.4 Å². The minimum atomic E-state index is -1.37. The summed E-state index contributed by atoms with van der Waals surface area (Å²) in [4.78, 5) is 101. The van der Waals surface area contributed by atoms with Crippen LogP contribution in [0.1, 0.15) is 42.5 Å². The molecule has 2 heterocycles. The molecule has 0 saturated heterocycles. The van der Waals surface area contributed by atoms with Crippen molar-refractivity contribution in [2.24, 2.45) is 11.5 Å². The molecule has 0 saturated carbocycles. The molecule has 58 heavy (non-hydrogen) atoms. The van der Waals surface area contributed by atoms with Crippen molar-refractivity contribution in [3.05, 3.63) is 90.1 Å². The van der Waals surface area contributed by atoms with Gasteiger partial charge in [-0.25, -0.2) is 4.98 Å². The van der Waals surface area contributed by atoms with Crippen LogP contribution in [0.2, 0.25) is 0 Å². The van der Waals surface area contributed by atoms with Gasteiger partial charge in [0.15, 0.2) is 0 Å². The topological polar surface area (TPSA) is 296 Å². The number of aldehydes is 1. The number of unbranched alkanes of at least 4 members (excludes halogenated alkanes) is 1. The normalized spacial score (nSPS) is 14.2. The van der Waals surface area contributed by atoms with Crippen molar-refractivity contribution in [1.82, 2.24) is 41.5 Å². The number of hydrogen-bond donors (Lipinski definition) is 11. The average Bonchev–Trinajstić information content (AvgIpc) is 3.88. The van der Waals surface area contributed by atoms with Gasteiger partial charge in [-0.1, -0.05) is 48.5 Å². The van der Waals surface area contributed by atoms with Crippen molar-refractivity contribution in [3.63, 3.8) is 0 Å². The Balaban J connectivity index is 1.56. The summed E-state index contributed by atoms with van der Waals surface area (Å²) in [6.07, 6.45) is 5.40. The molecular weight excluding hydrogens is 769 g/mol. The second-order valence-electron chi connectivity index (χ2n) is 13.7. The smallest absolute Gasteiger partial charge is 0.305 e. The van der Waals surface area contributed by atoms with Crippen molar-refractivity contribution in [1.29, 1.82) is 0 Å². The summed E-state index contributed by atoms with van der Waals surface area (Å²) in [6, 6.07) is 8.73. The van der Waals surface area contributed by atoms with E-state index in [0.29, 0.717) is 42.5 Å². The third kappa shape index (κ3) is 13.6. The Morgan fingerprint density at radius 3 is 2.03 bits per heavy atom. The first kappa shape index (κ1) is 44.7. The minimum Gasteiger partial charge on any atom is -0.481 e. The average molecular weight is 819 g/mol. The fourth-order valence-corrected chi connectivity index (χ4v) is 6.43. The van der Waals surface area contributed by atoms with Crippen molar-refractivity contribution in [2.75, 3.05) is 12.3 Å². The first-order chi connectivity index (χ1) is 27.9. The van der Waals surface area contributed by atoms with E-state index >= 15 is 0 Å². The number of carboxylic acids is 1. The highest BCUT2D eigenvalue weighted by Crippen LogP contribution is 2.19. The van der Waals surface area contributed by atoms with E-state index in [4.69, 9.17) is 11.5 Å². The van der Waals surface area contributed by atoms with Crippen molar-refractivity contribution >= 4 is 65.3 Å². The van der Waals surface area contributed by atoms with Gasteiger partial charge < -0.3 is 57.9 Å². The van der Waals surface area contributed by atoms with Crippen LogP contribution in [0.5, 0.6) is 0 Å². The standard InChI is InChI=1S/C39H50N10O8S/c40-13-7-6-12-30(46-39(57)33(21-58)49-35(53)28(41)16-25-19-42-22-44-25)36(54)47-31(14-23-8-2-1-3-9-23)38(56)48-32(37(55)45-26(20-50)17-34(51)52)15-24-18-43-29-11-5-4-10-27(24)29/h1-5,8-11,18-20,22,26,28,30-33,43,58H,6-7,12-17,21,40-41H2,(H,42,44)(H,45,55)(H,46,57)(H,47,54)(H,48,56)(H,49,53)(H,51,52)/t26-,28-,30-,31-,32-,33-/m0/s1. The van der Waals surface area contributed by atoms with Crippen LogP contribution in [-0.4, -0.2) is 110 Å². The number of para-hydroxylation sites is 1. The van der Waals surface area contributed by atoms with E-state index in [9.17, 15) is 38.7 Å². The predicted molar refractivity (Wildman–Crippen MR) is 217 cm³/mol. The van der Waals surface area contributed by atoms with Crippen molar-refractivity contribution in [2.45, 2.75) is 81.2 Å². The molecule has 0 aliphatic rings. The van der Waals surface area contributed by atoms with Gasteiger partial charge >= 0.3 is 5.97 Å². The maximum Gasteiger partial charge on any atom is 0.305 e. The van der Waals surface area contributed by atoms with Gasteiger partial charge in [-0.15, -0.1) is 0 Å². The van der Waals surface area contributed by atoms with E-state index in [2.05, 4.69) is 54.2 Å². The minimum absolute atomic E-state index is 0.0250. The number of aliphatic carboxylic acids is 1. The third-order valence-corrected chi connectivity index (χ3v) is 9.63. The van der Waals surface area contributed by atoms with Gasteiger partial charge in [0.05, 0.1) is 24.8 Å². The fraction of sp³-hybridized carbons (Fsp3) is 0.385. The molecular formula is C39H50N10O8S. The number of fused-ring (bicyclic) bond motifs is 1. The summed E-state index contributed by atoms with van der Waals surface area (Å²) in [7, 11) is 0. The number of carbonyl (C=O) groups excluding carboxylic acids is 6. The zero-order chi connectivity index (χ0) is 42.0. The number of hydrogen-bond acceptors (Lipinski definition) is 11. The zero-order valence-electron chi connectivity index (χ0n) is 31.7. The van der Waals surface area contributed by atoms with Crippen molar-refractivity contribution in [3.8, 4) is 0 Å². The highest BCUT2D eigenvalue weighted by molar-refractivity contribution is 7.80. The van der Waals surface area contributed by atoms with E-state index in [1.807, 2.05) is 18.2 Å². The number of thiol groups is 1. The summed E-state index contributed by atoms with van der Waals surface area (Å²) >= 11 is 4.24. The summed E-state index contributed by atoms with van der Waals surface area (Å²) in [5.74, 6) is -5.08. The number of nitrogens with zero attached hydrogens (tertiary/aromatic N) is 1. The van der Waals surface area contributed by atoms with Crippen LogP contribution in [0.3, 0.4) is 0 Å². The molecule has 2 aromatic heterocycles. The number of rotatable bonds is 24. The molecule has 0 bridgehead atoms. The SMILES string of the molecule is NCCCC[C@H](NC(=O)[C@H](CS)NC(=O)[C@@H](N)Cc1cnc[nH]1)C(=O)N[C@@H](Cc1ccccc1)C(=O)N[C@@H](Cc1c[nH]c2ccccc12)C(=O)N[C@H](C=O)CC(=O)O. The van der Waals surface area contributed by atoms with E-state index in [0.717, 1.165) is 10.9 Å². The Labute approximate surface area is 339 Å². The van der Waals surface area contributed by atoms with Crippen LogP contribution in [0.15, 0.2) is 73.3 Å². The maximum atomic E-state index is 14.2. The largest absolute Gasteiger partial charge is 0.481 e. The van der Waals surface area contributed by atoms with E-state index in [1.165, 1.54) is 12.5 Å². The molecule has 4 aromatic rings. The first-order valence-electron chi connectivity index (χ1n) is 18.7. The lowest BCUT2D eigenvalue weighted by molar-refractivity contribution is -0.139. The van der Waals surface area contributed by atoms with Gasteiger partial charge in [-0.2, -0.15) is 12.6 Å². The molecule has 0 aliphatic carbocycles. The molecule has 19 heteroatoms. The van der Waals surface area contributed by atoms with Crippen LogP contribution in [-0.2, 0) is 52.8 Å². The molecule has 0 aliphatic heterocycles. The number of nitrogens with one attached hydrogen (secondary N) is 7. The Morgan fingerprint density at radius 1 is 0.759 bits per heavy atom. The molecule has 18 nitrogen and oxygen atoms in total. The molecule has 0 radical (unpaired) electrons. The summed E-state index contributed by atoms with van der Waals surface area (Å²) in [5, 5.41) is 23.1. The van der Waals surface area contributed by atoms with Gasteiger partial charge in [-0.05, 0) is 43.0 Å². The monoisotopic (exact) mass is 818 g/mol. The van der Waals surface area contributed by atoms with Gasteiger partial charge in [0.2, 0.25) is 29.5 Å². The molecule has 12 N–H and O–H groups in total. The van der Waals surface area contributed by atoms with Crippen LogP contribution in [0.4, 0.5) is 0 Å². The number of benzene rings is 2. The van der Waals surface area contributed by atoms with Gasteiger partial charge in [0.1, 0.15) is 30.5 Å². The Morgan fingerprint density at radius 2 is 1.38 bits per heavy atom. The first-order valence-corrected chi connectivity index (χ1v) is 19.4. The molecule has 5 amide bonds. The van der Waals surface area contributed by atoms with Crippen LogP contribution >= 0.6 is 12.6 Å². The molecule has 6 atom stereocenters. The molecule has 0 unspecified atom stereocenters. The lowest BCUT2D eigenvalue weighted by Gasteiger charge is -2.27. The van der Waals surface area contributed by atoms with Crippen LogP contribution < -0.4 is 38.1 Å². The quantitative estimate of drug-likeness (QED) is 0.0241. The molecule has 0 spiro atoms. The maximum absolute atomic E-state index is 14.2. The van der Waals surface area contributed by atoms with Crippen LogP contribution in [0, 0.1) is 0 Å². The summed E-state index contributed by atoms with van der Waals surface area (Å²) in [5.41, 5.74) is 14.5. The number of nitrogens with two attached hydrogens (primary N) is 2. The van der Waals surface area contributed by atoms with E-state index in [1.54, 1.807) is 42.6 Å². The molecule has 2 aromatic carbocycles. The number of carbonyl (C=O) groups is 7. The van der Waals surface area contributed by atoms with Gasteiger partial charge in [-0.3, -0.25) is 28.8 Å². The Bertz CT molecular complexity index is 1990. The number of imidazole rings is 1. The highest BCUT2D eigenvalue weighted by atomic mass is 32.1. The fourth-order valence-electron chi connectivity index (χ4n) is 6.17. The predicted octanol–water partition coefficient (Wildman–Crippen LogP) is -0.597. The molecule has 310 valence electrons. The number of aromatic amines is 2. The lowest BCUT2D eigenvalue weighted by Crippen LogP contribution is -2.60. The van der Waals surface area contributed by atoms with Crippen molar-refractivity contribution < 1.29 is 38.7 Å². The number of aromatic nitrogens is 3. The molecule has 4 rings (SSSR count). The summed E-state index contributed by atoms with van der Waals surface area (Å²) < 4.78 is 0. The third-order valence-electron chi connectivity index (χ3n) is 9.26. The second kappa shape index (κ2) is 22.6. The second-order valence-corrected chi connectivity index (χ2v) is 14.1. The summed E-state index contributed by atoms with van der Waals surface area (Å²) in [6.45, 7) is 0.322. The number of carboxylic acid groups (broad SMARTS) is 1. The van der Waals surface area contributed by atoms with Gasteiger partial charge in [0.25, 0.3) is 0 Å². The van der Waals surface area contributed by atoms with Gasteiger partial charge in [0, 0.05) is 54.0 Å². The Hall–Kier alpha value is -6.05.